The third kappa shape index (κ3) is 3.04. The third-order valence-corrected chi connectivity index (χ3v) is 5.22. The van der Waals surface area contributed by atoms with E-state index in [2.05, 4.69) is 29.6 Å². The van der Waals surface area contributed by atoms with E-state index in [1.807, 2.05) is 25.1 Å². The van der Waals surface area contributed by atoms with Gasteiger partial charge in [0.25, 0.3) is 5.91 Å². The number of para-hydroxylation sites is 1. The molecule has 0 aromatic heterocycles. The fourth-order valence-electron chi connectivity index (χ4n) is 3.58. The molecule has 4 heteroatoms. The summed E-state index contributed by atoms with van der Waals surface area (Å²) in [4.78, 5) is 12.8. The minimum Gasteiger partial charge on any atom is -0.479 e. The highest BCUT2D eigenvalue weighted by Crippen LogP contribution is 2.35. The van der Waals surface area contributed by atoms with Crippen LogP contribution in [0.25, 0.3) is 10.8 Å². The highest BCUT2D eigenvalue weighted by molar-refractivity contribution is 6.32. The number of benzene rings is 3. The van der Waals surface area contributed by atoms with E-state index in [9.17, 15) is 4.79 Å². The van der Waals surface area contributed by atoms with Crippen LogP contribution in [0.2, 0.25) is 5.02 Å². The molecule has 1 aliphatic carbocycles. The van der Waals surface area contributed by atoms with Crippen molar-refractivity contribution >= 4 is 34.0 Å². The monoisotopic (exact) mass is 365 g/mol. The molecule has 0 saturated heterocycles. The number of amides is 1. The minimum atomic E-state index is -0.599. The summed E-state index contributed by atoms with van der Waals surface area (Å²) < 4.78 is 5.86. The number of carbonyl (C=O) groups is 1. The maximum atomic E-state index is 12.8. The van der Waals surface area contributed by atoms with Crippen molar-refractivity contribution in [1.82, 2.24) is 0 Å². The summed E-state index contributed by atoms with van der Waals surface area (Å²) in [7, 11) is 0. The number of halogens is 1. The molecule has 0 aliphatic heterocycles. The Morgan fingerprint density at radius 3 is 2.62 bits per heavy atom. The third-order valence-electron chi connectivity index (χ3n) is 4.90. The zero-order chi connectivity index (χ0) is 18.1. The molecule has 0 heterocycles. The van der Waals surface area contributed by atoms with Gasteiger partial charge < -0.3 is 10.1 Å². The molecule has 132 valence electrons. The van der Waals surface area contributed by atoms with Crippen LogP contribution in [-0.2, 0) is 17.6 Å². The van der Waals surface area contributed by atoms with Gasteiger partial charge in [0.15, 0.2) is 6.10 Å². The first-order chi connectivity index (χ1) is 12.7. The van der Waals surface area contributed by atoms with E-state index in [-0.39, 0.29) is 5.91 Å². The Balaban J connectivity index is 1.60. The predicted molar refractivity (Wildman–Crippen MR) is 106 cm³/mol. The summed E-state index contributed by atoms with van der Waals surface area (Å²) in [6.07, 6.45) is 2.09. The van der Waals surface area contributed by atoms with Gasteiger partial charge in [-0.2, -0.15) is 0 Å². The Hall–Kier alpha value is -2.52. The Bertz CT molecular complexity index is 973. The molecule has 3 aromatic rings. The van der Waals surface area contributed by atoms with Crippen LogP contribution in [-0.4, -0.2) is 12.0 Å². The number of hydrogen-bond acceptors (Lipinski definition) is 2. The van der Waals surface area contributed by atoms with Gasteiger partial charge in [-0.3, -0.25) is 4.79 Å². The zero-order valence-corrected chi connectivity index (χ0v) is 15.3. The normalized spacial score (nSPS) is 13.6. The fraction of sp³-hybridized carbons (Fsp3) is 0.227. The molecule has 26 heavy (non-hydrogen) atoms. The van der Waals surface area contributed by atoms with Crippen molar-refractivity contribution in [3.63, 3.8) is 0 Å². The molecule has 1 atom stereocenters. The van der Waals surface area contributed by atoms with Crippen molar-refractivity contribution in [2.24, 2.45) is 0 Å². The number of ether oxygens (including phenoxy) is 1. The van der Waals surface area contributed by atoms with E-state index in [0.717, 1.165) is 23.9 Å². The molecule has 1 amide bonds. The highest BCUT2D eigenvalue weighted by Gasteiger charge is 2.22. The van der Waals surface area contributed by atoms with Crippen LogP contribution < -0.4 is 10.1 Å². The number of hydrogen-bond donors (Lipinski definition) is 1. The molecule has 0 fully saturated rings. The van der Waals surface area contributed by atoms with Crippen molar-refractivity contribution < 1.29 is 9.53 Å². The van der Waals surface area contributed by atoms with Crippen molar-refractivity contribution in [1.29, 1.82) is 0 Å². The predicted octanol–water partition coefficient (Wildman–Crippen LogP) is 5.39. The second-order valence-electron chi connectivity index (χ2n) is 6.55. The molecule has 1 aliphatic rings. The summed E-state index contributed by atoms with van der Waals surface area (Å²) in [5.74, 6) is 0.364. The van der Waals surface area contributed by atoms with Crippen LogP contribution in [0.5, 0.6) is 5.75 Å². The van der Waals surface area contributed by atoms with Gasteiger partial charge >= 0.3 is 0 Å². The van der Waals surface area contributed by atoms with Crippen molar-refractivity contribution in [2.45, 2.75) is 32.3 Å². The van der Waals surface area contributed by atoms with Gasteiger partial charge in [-0.15, -0.1) is 0 Å². The molecular weight excluding hydrogens is 346 g/mol. The number of anilines is 1. The number of aryl methyl sites for hydroxylation is 2. The van der Waals surface area contributed by atoms with Gasteiger partial charge in [-0.25, -0.2) is 0 Å². The molecule has 3 nitrogen and oxygen atoms in total. The first-order valence-corrected chi connectivity index (χ1v) is 9.30. The summed E-state index contributed by atoms with van der Waals surface area (Å²) in [5.41, 5.74) is 3.54. The van der Waals surface area contributed by atoms with E-state index in [0.29, 0.717) is 17.2 Å². The zero-order valence-electron chi connectivity index (χ0n) is 14.6. The lowest BCUT2D eigenvalue weighted by molar-refractivity contribution is -0.122. The molecule has 0 unspecified atom stereocenters. The van der Waals surface area contributed by atoms with Gasteiger partial charge in [0.05, 0.1) is 5.02 Å². The van der Waals surface area contributed by atoms with Gasteiger partial charge in [0.1, 0.15) is 5.75 Å². The molecule has 0 radical (unpaired) electrons. The second kappa shape index (κ2) is 7.00. The molecule has 4 rings (SSSR count). The van der Waals surface area contributed by atoms with Crippen molar-refractivity contribution in [2.75, 3.05) is 5.32 Å². The van der Waals surface area contributed by atoms with Gasteiger partial charge in [-0.05, 0) is 54.0 Å². The Morgan fingerprint density at radius 1 is 1.08 bits per heavy atom. The smallest absolute Gasteiger partial charge is 0.265 e. The highest BCUT2D eigenvalue weighted by atomic mass is 35.5. The molecule has 1 N–H and O–H groups in total. The van der Waals surface area contributed by atoms with Crippen molar-refractivity contribution in [3.05, 3.63) is 70.7 Å². The van der Waals surface area contributed by atoms with E-state index in [1.54, 1.807) is 12.1 Å². The average molecular weight is 366 g/mol. The quantitative estimate of drug-likeness (QED) is 0.658. The number of nitrogens with one attached hydrogen (secondary N) is 1. The van der Waals surface area contributed by atoms with Crippen LogP contribution in [0.15, 0.2) is 54.6 Å². The van der Waals surface area contributed by atoms with E-state index >= 15 is 0 Å². The average Bonchev–Trinajstić information content (AvgIpc) is 3.08. The summed E-state index contributed by atoms with van der Waals surface area (Å²) >= 11 is 6.15. The number of rotatable bonds is 5. The molecule has 0 bridgehead atoms. The summed E-state index contributed by atoms with van der Waals surface area (Å²) in [6.45, 7) is 1.93. The van der Waals surface area contributed by atoms with Crippen LogP contribution in [0.1, 0.15) is 24.5 Å². The second-order valence-corrected chi connectivity index (χ2v) is 6.95. The maximum absolute atomic E-state index is 12.8. The maximum Gasteiger partial charge on any atom is 0.265 e. The lowest BCUT2D eigenvalue weighted by Gasteiger charge is -2.19. The Labute approximate surface area is 157 Å². The largest absolute Gasteiger partial charge is 0.479 e. The van der Waals surface area contributed by atoms with Crippen LogP contribution in [0.3, 0.4) is 0 Å². The van der Waals surface area contributed by atoms with Gasteiger partial charge in [0, 0.05) is 11.1 Å². The van der Waals surface area contributed by atoms with Gasteiger partial charge in [0.2, 0.25) is 0 Å². The summed E-state index contributed by atoms with van der Waals surface area (Å²) in [5, 5.41) is 5.93. The molecular formula is C22H20ClNO2. The molecule has 3 aromatic carbocycles. The molecule has 0 spiro atoms. The van der Waals surface area contributed by atoms with Crippen LogP contribution >= 0.6 is 11.6 Å². The Morgan fingerprint density at radius 2 is 1.85 bits per heavy atom. The SMILES string of the molecule is CC[C@@H](Oc1ccccc1Cl)C(=O)Nc1ccc2c3c(cccc13)CC2. The standard InChI is InChI=1S/C22H20ClNO2/c1-2-19(26-20-9-4-3-8-17(20)23)22(25)24-18-13-12-15-11-10-14-6-5-7-16(18)21(14)15/h3-9,12-13,19H,2,10-11H2,1H3,(H,24,25)/t19-/m1/s1. The van der Waals surface area contributed by atoms with Crippen molar-refractivity contribution in [3.8, 4) is 5.75 Å². The summed E-state index contributed by atoms with van der Waals surface area (Å²) in [6, 6.07) is 17.6. The van der Waals surface area contributed by atoms with E-state index in [1.165, 1.54) is 16.5 Å². The first-order valence-electron chi connectivity index (χ1n) is 8.93. The number of carbonyl (C=O) groups excluding carboxylic acids is 1. The van der Waals surface area contributed by atoms with E-state index in [4.69, 9.17) is 16.3 Å². The minimum absolute atomic E-state index is 0.161. The van der Waals surface area contributed by atoms with Crippen LogP contribution in [0.4, 0.5) is 5.69 Å². The van der Waals surface area contributed by atoms with Gasteiger partial charge in [-0.1, -0.05) is 54.9 Å². The topological polar surface area (TPSA) is 38.3 Å². The Kier molecular flexibility index (Phi) is 4.56. The van der Waals surface area contributed by atoms with Crippen LogP contribution in [0, 0.1) is 0 Å². The fourth-order valence-corrected chi connectivity index (χ4v) is 3.77. The lowest BCUT2D eigenvalue weighted by atomic mass is 10.0. The first kappa shape index (κ1) is 16.9. The van der Waals surface area contributed by atoms with E-state index < -0.39 is 6.10 Å². The molecule has 0 saturated carbocycles. The lowest BCUT2D eigenvalue weighted by Crippen LogP contribution is -2.32.